The second-order valence-electron chi connectivity index (χ2n) is 7.15. The Bertz CT molecular complexity index is 948. The first-order valence-electron chi connectivity index (χ1n) is 9.41. The average Bonchev–Trinajstić information content (AvgIpc) is 2.91. The Morgan fingerprint density at radius 1 is 1.00 bits per heavy atom. The number of carbonyl (C=O) groups is 1. The number of anilines is 1. The lowest BCUT2D eigenvalue weighted by Crippen LogP contribution is -2.36. The third-order valence-corrected chi connectivity index (χ3v) is 4.98. The van der Waals surface area contributed by atoms with Crippen LogP contribution in [0.1, 0.15) is 23.2 Å². The summed E-state index contributed by atoms with van der Waals surface area (Å²) in [5.41, 5.74) is 4.53. The number of hydrogen-bond donors (Lipinski definition) is 0. The van der Waals surface area contributed by atoms with Crippen molar-refractivity contribution in [2.24, 2.45) is 0 Å². The van der Waals surface area contributed by atoms with E-state index in [0.717, 1.165) is 30.8 Å². The summed E-state index contributed by atoms with van der Waals surface area (Å²) in [6, 6.07) is 12.6. The number of rotatable bonds is 3. The lowest BCUT2D eigenvalue weighted by atomic mass is 10.1. The Balaban J connectivity index is 1.42. The third-order valence-electron chi connectivity index (χ3n) is 4.98. The molecule has 0 N–H and O–H groups in total. The molecule has 0 aliphatic carbocycles. The van der Waals surface area contributed by atoms with E-state index in [1.807, 2.05) is 36.1 Å². The maximum atomic E-state index is 12.7. The molecule has 1 saturated heterocycles. The monoisotopic (exact) mass is 364 g/mol. The van der Waals surface area contributed by atoms with Crippen molar-refractivity contribution in [1.82, 2.24) is 14.9 Å². The van der Waals surface area contributed by atoms with Gasteiger partial charge in [-0.3, -0.25) is 4.79 Å². The van der Waals surface area contributed by atoms with E-state index >= 15 is 0 Å². The Kier molecular flexibility index (Phi) is 4.79. The number of aryl methyl sites for hydroxylation is 2. The van der Waals surface area contributed by atoms with E-state index in [4.69, 9.17) is 4.42 Å². The molecule has 1 fully saturated rings. The van der Waals surface area contributed by atoms with Gasteiger partial charge in [-0.2, -0.15) is 4.98 Å². The van der Waals surface area contributed by atoms with E-state index in [9.17, 15) is 4.79 Å². The molecule has 0 saturated carbocycles. The third kappa shape index (κ3) is 3.94. The van der Waals surface area contributed by atoms with Gasteiger partial charge in [0.25, 0.3) is 6.01 Å². The highest BCUT2D eigenvalue weighted by Gasteiger charge is 2.22. The van der Waals surface area contributed by atoms with Gasteiger partial charge in [0.05, 0.1) is 6.42 Å². The molecule has 3 aromatic rings. The molecule has 6 nitrogen and oxygen atoms in total. The van der Waals surface area contributed by atoms with Gasteiger partial charge in [0.15, 0.2) is 5.58 Å². The minimum absolute atomic E-state index is 0.176. The van der Waals surface area contributed by atoms with Crippen LogP contribution in [0.2, 0.25) is 0 Å². The number of amides is 1. The first kappa shape index (κ1) is 17.5. The van der Waals surface area contributed by atoms with Crippen LogP contribution in [0.5, 0.6) is 0 Å². The summed E-state index contributed by atoms with van der Waals surface area (Å²) in [6.45, 7) is 6.97. The Hall–Kier alpha value is -2.89. The summed E-state index contributed by atoms with van der Waals surface area (Å²) in [5.74, 6) is 0.176. The zero-order chi connectivity index (χ0) is 18.8. The minimum atomic E-state index is 0.176. The lowest BCUT2D eigenvalue weighted by Gasteiger charge is -2.21. The highest BCUT2D eigenvalue weighted by atomic mass is 16.4. The normalized spacial score (nSPS) is 15.2. The summed E-state index contributed by atoms with van der Waals surface area (Å²) in [4.78, 5) is 25.7. The molecule has 1 amide bonds. The van der Waals surface area contributed by atoms with Crippen molar-refractivity contribution in [3.05, 3.63) is 53.2 Å². The first-order chi connectivity index (χ1) is 13.1. The lowest BCUT2D eigenvalue weighted by molar-refractivity contribution is -0.130. The van der Waals surface area contributed by atoms with E-state index in [0.29, 0.717) is 36.8 Å². The summed E-state index contributed by atoms with van der Waals surface area (Å²) < 4.78 is 5.87. The smallest absolute Gasteiger partial charge is 0.300 e. The van der Waals surface area contributed by atoms with Crippen molar-refractivity contribution in [2.75, 3.05) is 31.1 Å². The van der Waals surface area contributed by atoms with Crippen LogP contribution in [0.25, 0.3) is 11.2 Å². The first-order valence-corrected chi connectivity index (χ1v) is 9.41. The van der Waals surface area contributed by atoms with E-state index in [1.165, 1.54) is 5.56 Å². The summed E-state index contributed by atoms with van der Waals surface area (Å²) in [5, 5.41) is 0. The molecule has 4 rings (SSSR count). The van der Waals surface area contributed by atoms with E-state index < -0.39 is 0 Å². The molecule has 0 spiro atoms. The number of nitrogens with zero attached hydrogens (tertiary/aromatic N) is 4. The summed E-state index contributed by atoms with van der Waals surface area (Å²) in [7, 11) is 0. The molecule has 6 heteroatoms. The number of fused-ring (bicyclic) bond motifs is 1. The van der Waals surface area contributed by atoms with Crippen LogP contribution in [0.4, 0.5) is 6.01 Å². The molecule has 27 heavy (non-hydrogen) atoms. The van der Waals surface area contributed by atoms with E-state index in [1.54, 1.807) is 0 Å². The fourth-order valence-electron chi connectivity index (χ4n) is 3.39. The SMILES string of the molecule is Cc1ccc(CC(=O)N2CCCN(c3nc4nc(C)ccc4o3)CC2)cc1. The number of aromatic nitrogens is 2. The van der Waals surface area contributed by atoms with Crippen molar-refractivity contribution >= 4 is 23.2 Å². The molecule has 3 heterocycles. The predicted molar refractivity (Wildman–Crippen MR) is 105 cm³/mol. The molecular formula is C21H24N4O2. The van der Waals surface area contributed by atoms with Crippen LogP contribution in [0.15, 0.2) is 40.8 Å². The summed E-state index contributed by atoms with van der Waals surface area (Å²) in [6.07, 6.45) is 1.34. The Morgan fingerprint density at radius 3 is 2.63 bits per heavy atom. The van der Waals surface area contributed by atoms with Crippen LogP contribution in [-0.4, -0.2) is 47.0 Å². The number of carbonyl (C=O) groups excluding carboxylic acids is 1. The standard InChI is InChI=1S/C21H24N4O2/c1-15-4-7-17(8-5-15)14-19(26)24-10-3-11-25(13-12-24)21-23-20-18(27-21)9-6-16(2)22-20/h4-9H,3,10-14H2,1-2H3. The van der Waals surface area contributed by atoms with Gasteiger partial charge in [-0.1, -0.05) is 29.8 Å². The Labute approximate surface area is 158 Å². The van der Waals surface area contributed by atoms with Gasteiger partial charge in [0.1, 0.15) is 0 Å². The molecule has 1 aromatic carbocycles. The quantitative estimate of drug-likeness (QED) is 0.714. The van der Waals surface area contributed by atoms with Crippen LogP contribution in [-0.2, 0) is 11.2 Å². The zero-order valence-corrected chi connectivity index (χ0v) is 15.8. The highest BCUT2D eigenvalue weighted by molar-refractivity contribution is 5.79. The fraction of sp³-hybridized carbons (Fsp3) is 0.381. The summed E-state index contributed by atoms with van der Waals surface area (Å²) >= 11 is 0. The van der Waals surface area contributed by atoms with Crippen molar-refractivity contribution in [3.63, 3.8) is 0 Å². The van der Waals surface area contributed by atoms with Crippen molar-refractivity contribution in [3.8, 4) is 0 Å². The molecule has 0 unspecified atom stereocenters. The van der Waals surface area contributed by atoms with Crippen LogP contribution in [0.3, 0.4) is 0 Å². The molecule has 0 atom stereocenters. The van der Waals surface area contributed by atoms with Gasteiger partial charge >= 0.3 is 0 Å². The zero-order valence-electron chi connectivity index (χ0n) is 15.8. The second kappa shape index (κ2) is 7.39. The van der Waals surface area contributed by atoms with Gasteiger partial charge in [-0.15, -0.1) is 0 Å². The van der Waals surface area contributed by atoms with Crippen LogP contribution >= 0.6 is 0 Å². The number of hydrogen-bond acceptors (Lipinski definition) is 5. The molecule has 1 aliphatic rings. The van der Waals surface area contributed by atoms with Gasteiger partial charge < -0.3 is 14.2 Å². The fourth-order valence-corrected chi connectivity index (χ4v) is 3.39. The molecule has 140 valence electrons. The van der Waals surface area contributed by atoms with Gasteiger partial charge in [-0.25, -0.2) is 4.98 Å². The topological polar surface area (TPSA) is 62.5 Å². The molecule has 0 radical (unpaired) electrons. The van der Waals surface area contributed by atoms with Crippen molar-refractivity contribution < 1.29 is 9.21 Å². The highest BCUT2D eigenvalue weighted by Crippen LogP contribution is 2.22. The van der Waals surface area contributed by atoms with E-state index in [-0.39, 0.29) is 5.91 Å². The molecule has 2 aromatic heterocycles. The maximum absolute atomic E-state index is 12.7. The second-order valence-corrected chi connectivity index (χ2v) is 7.15. The average molecular weight is 364 g/mol. The number of pyridine rings is 1. The predicted octanol–water partition coefficient (Wildman–Crippen LogP) is 3.12. The van der Waals surface area contributed by atoms with Crippen LogP contribution < -0.4 is 4.90 Å². The molecule has 1 aliphatic heterocycles. The molecular weight excluding hydrogens is 340 g/mol. The Morgan fingerprint density at radius 2 is 1.81 bits per heavy atom. The van der Waals surface area contributed by atoms with E-state index in [2.05, 4.69) is 33.9 Å². The number of benzene rings is 1. The van der Waals surface area contributed by atoms with Gasteiger partial charge in [0.2, 0.25) is 11.6 Å². The minimum Gasteiger partial charge on any atom is -0.422 e. The van der Waals surface area contributed by atoms with Gasteiger partial charge in [-0.05, 0) is 38.0 Å². The molecule has 0 bridgehead atoms. The van der Waals surface area contributed by atoms with Crippen molar-refractivity contribution in [1.29, 1.82) is 0 Å². The maximum Gasteiger partial charge on any atom is 0.300 e. The van der Waals surface area contributed by atoms with Crippen molar-refractivity contribution in [2.45, 2.75) is 26.7 Å². The van der Waals surface area contributed by atoms with Gasteiger partial charge in [0, 0.05) is 31.9 Å². The van der Waals surface area contributed by atoms with Crippen LogP contribution in [0, 0.1) is 13.8 Å². The largest absolute Gasteiger partial charge is 0.422 e. The number of oxazole rings is 1.